The molecule has 3 nitrogen and oxygen atoms in total. The van der Waals surface area contributed by atoms with Gasteiger partial charge in [0.05, 0.1) is 27.7 Å². The van der Waals surface area contributed by atoms with Gasteiger partial charge in [0.2, 0.25) is 5.91 Å². The van der Waals surface area contributed by atoms with E-state index >= 15 is 0 Å². The van der Waals surface area contributed by atoms with Gasteiger partial charge in [-0.25, -0.2) is 0 Å². The monoisotopic (exact) mass is 508 g/mol. The molecule has 0 unspecified atom stereocenters. The van der Waals surface area contributed by atoms with Crippen molar-refractivity contribution in [2.45, 2.75) is 97.8 Å². The molecule has 0 spiro atoms. The summed E-state index contributed by atoms with van der Waals surface area (Å²) < 4.78 is 1.02. The van der Waals surface area contributed by atoms with E-state index in [2.05, 4.69) is 46.8 Å². The molecule has 0 radical (unpaired) electrons. The van der Waals surface area contributed by atoms with Gasteiger partial charge in [-0.05, 0) is 25.2 Å². The van der Waals surface area contributed by atoms with Gasteiger partial charge in [0.25, 0.3) is 0 Å². The van der Waals surface area contributed by atoms with Crippen molar-refractivity contribution in [2.75, 3.05) is 40.8 Å². The van der Waals surface area contributed by atoms with Gasteiger partial charge in [-0.1, -0.05) is 72.1 Å². The maximum absolute atomic E-state index is 12.5. The molecular formula is C24H49IN2O. The van der Waals surface area contributed by atoms with Crippen LogP contribution in [0.15, 0.2) is 0 Å². The highest BCUT2D eigenvalue weighted by Gasteiger charge is 2.37. The number of piperidine rings is 1. The minimum absolute atomic E-state index is 0. The Labute approximate surface area is 193 Å². The fraction of sp³-hybridized carbons (Fsp3) is 0.958. The third-order valence-corrected chi connectivity index (χ3v) is 6.33. The van der Waals surface area contributed by atoms with Gasteiger partial charge in [0, 0.05) is 24.9 Å². The van der Waals surface area contributed by atoms with Crippen LogP contribution in [0.2, 0.25) is 0 Å². The zero-order valence-electron chi connectivity index (χ0n) is 19.9. The molecule has 0 aromatic rings. The number of hydrogen-bond donors (Lipinski definition) is 0. The summed E-state index contributed by atoms with van der Waals surface area (Å²) in [5.74, 6) is 1.15. The lowest BCUT2D eigenvalue weighted by molar-refractivity contribution is -0.877. The van der Waals surface area contributed by atoms with Crippen molar-refractivity contribution in [2.24, 2.45) is 11.3 Å². The Morgan fingerprint density at radius 1 is 0.893 bits per heavy atom. The number of unbranched alkanes of at least 4 members (excludes halogenated alkanes) is 8. The number of rotatable bonds is 13. The molecule has 1 amide bonds. The summed E-state index contributed by atoms with van der Waals surface area (Å²) in [5, 5.41) is 0. The number of hydrogen-bond acceptors (Lipinski definition) is 1. The number of nitrogens with zero attached hydrogens (tertiary/aromatic N) is 2. The second-order valence-electron chi connectivity index (χ2n) is 10.7. The van der Waals surface area contributed by atoms with Gasteiger partial charge < -0.3 is 33.4 Å². The van der Waals surface area contributed by atoms with Crippen molar-refractivity contribution >= 4 is 5.91 Å². The lowest BCUT2D eigenvalue weighted by atomic mass is 9.73. The highest BCUT2D eigenvalue weighted by Crippen LogP contribution is 2.36. The lowest BCUT2D eigenvalue weighted by Crippen LogP contribution is -3.00. The molecule has 1 rings (SSSR count). The van der Waals surface area contributed by atoms with Gasteiger partial charge in [-0.15, -0.1) is 0 Å². The average molecular weight is 509 g/mol. The van der Waals surface area contributed by atoms with Crippen LogP contribution in [0.25, 0.3) is 0 Å². The van der Waals surface area contributed by atoms with Gasteiger partial charge in [0.1, 0.15) is 0 Å². The standard InChI is InChI=1S/C24H49N2O.HI/c1-7-8-9-10-11-12-13-14-15-16-23(27)25-19-17-22(18-20-25)24(2,3)21-26(4,5)6;/h22H,7-21H2,1-6H3;1H/q+1;/p-1. The summed E-state index contributed by atoms with van der Waals surface area (Å²) in [6.07, 6.45) is 15.0. The molecule has 1 heterocycles. The van der Waals surface area contributed by atoms with Gasteiger partial charge in [-0.3, -0.25) is 4.79 Å². The first-order chi connectivity index (χ1) is 12.7. The largest absolute Gasteiger partial charge is 1.00 e. The van der Waals surface area contributed by atoms with Crippen LogP contribution < -0.4 is 24.0 Å². The molecule has 4 heteroatoms. The first kappa shape index (κ1) is 28.2. The van der Waals surface area contributed by atoms with E-state index in [1.165, 1.54) is 70.8 Å². The zero-order chi connectivity index (χ0) is 20.3. The van der Waals surface area contributed by atoms with Gasteiger partial charge in [0.15, 0.2) is 0 Å². The van der Waals surface area contributed by atoms with Crippen LogP contribution in [0.4, 0.5) is 0 Å². The summed E-state index contributed by atoms with van der Waals surface area (Å²) in [6.45, 7) is 10.3. The van der Waals surface area contributed by atoms with Crippen molar-refractivity contribution in [3.8, 4) is 0 Å². The van der Waals surface area contributed by atoms with E-state index < -0.39 is 0 Å². The van der Waals surface area contributed by atoms with E-state index in [0.717, 1.165) is 36.3 Å². The molecule has 28 heavy (non-hydrogen) atoms. The number of amides is 1. The van der Waals surface area contributed by atoms with Crippen LogP contribution >= 0.6 is 0 Å². The SMILES string of the molecule is CCCCCCCCCCCC(=O)N1CCC(C(C)(C)C[N+](C)(C)C)CC1.[I-]. The fourth-order valence-corrected chi connectivity index (χ4v) is 5.01. The maximum Gasteiger partial charge on any atom is 0.222 e. The summed E-state index contributed by atoms with van der Waals surface area (Å²) in [4.78, 5) is 14.7. The first-order valence-corrected chi connectivity index (χ1v) is 11.7. The Bertz CT molecular complexity index is 409. The van der Waals surface area contributed by atoms with E-state index in [1.54, 1.807) is 0 Å². The van der Waals surface area contributed by atoms with Crippen LogP contribution in [0, 0.1) is 11.3 Å². The van der Waals surface area contributed by atoms with Crippen LogP contribution in [0.3, 0.4) is 0 Å². The molecule has 0 atom stereocenters. The normalized spacial score (nSPS) is 16.1. The highest BCUT2D eigenvalue weighted by molar-refractivity contribution is 5.76. The Morgan fingerprint density at radius 2 is 1.36 bits per heavy atom. The third-order valence-electron chi connectivity index (χ3n) is 6.33. The number of carbonyl (C=O) groups excluding carboxylic acids is 1. The Balaban J connectivity index is 0.00000729. The number of carbonyl (C=O) groups is 1. The topological polar surface area (TPSA) is 20.3 Å². The predicted octanol–water partition coefficient (Wildman–Crippen LogP) is 2.88. The summed E-state index contributed by atoms with van der Waals surface area (Å²) in [5.41, 5.74) is 0.352. The summed E-state index contributed by atoms with van der Waals surface area (Å²) in [7, 11) is 6.85. The third kappa shape index (κ3) is 12.0. The van der Waals surface area contributed by atoms with Crippen molar-refractivity contribution in [3.05, 3.63) is 0 Å². The maximum atomic E-state index is 12.5. The molecule has 0 aromatic heterocycles. The lowest BCUT2D eigenvalue weighted by Gasteiger charge is -2.43. The first-order valence-electron chi connectivity index (χ1n) is 11.7. The fourth-order valence-electron chi connectivity index (χ4n) is 5.01. The van der Waals surface area contributed by atoms with Crippen molar-refractivity contribution in [1.82, 2.24) is 4.90 Å². The molecular weight excluding hydrogens is 459 g/mol. The number of quaternary nitrogens is 1. The molecule has 0 aliphatic carbocycles. The Morgan fingerprint density at radius 3 is 1.82 bits per heavy atom. The van der Waals surface area contributed by atoms with Crippen molar-refractivity contribution in [1.29, 1.82) is 0 Å². The molecule has 0 N–H and O–H groups in total. The van der Waals surface area contributed by atoms with Crippen molar-refractivity contribution < 1.29 is 33.3 Å². The minimum Gasteiger partial charge on any atom is -1.00 e. The van der Waals surface area contributed by atoms with E-state index in [4.69, 9.17) is 0 Å². The predicted molar refractivity (Wildman–Crippen MR) is 118 cm³/mol. The van der Waals surface area contributed by atoms with Gasteiger partial charge in [-0.2, -0.15) is 0 Å². The molecule has 0 saturated carbocycles. The molecule has 1 aliphatic rings. The average Bonchev–Trinajstić information content (AvgIpc) is 2.58. The smallest absolute Gasteiger partial charge is 0.222 e. The molecule has 168 valence electrons. The number of halogens is 1. The number of likely N-dealkylation sites (tertiary alicyclic amines) is 1. The van der Waals surface area contributed by atoms with Crippen LogP contribution in [0.1, 0.15) is 97.8 Å². The minimum atomic E-state index is 0. The summed E-state index contributed by atoms with van der Waals surface area (Å²) >= 11 is 0. The highest BCUT2D eigenvalue weighted by atomic mass is 127. The van der Waals surface area contributed by atoms with Crippen LogP contribution in [-0.2, 0) is 4.79 Å². The Kier molecular flexibility index (Phi) is 14.3. The van der Waals surface area contributed by atoms with E-state index in [0.29, 0.717) is 11.3 Å². The molecule has 1 fully saturated rings. The second-order valence-corrected chi connectivity index (χ2v) is 10.7. The van der Waals surface area contributed by atoms with Gasteiger partial charge >= 0.3 is 0 Å². The second kappa shape index (κ2) is 14.2. The van der Waals surface area contributed by atoms with Crippen molar-refractivity contribution in [3.63, 3.8) is 0 Å². The quantitative estimate of drug-likeness (QED) is 0.213. The van der Waals surface area contributed by atoms with E-state index in [9.17, 15) is 4.79 Å². The molecule has 0 aromatic carbocycles. The summed E-state index contributed by atoms with van der Waals surface area (Å²) in [6, 6.07) is 0. The molecule has 1 aliphatic heterocycles. The van der Waals surface area contributed by atoms with E-state index in [1.807, 2.05) is 0 Å². The molecule has 0 bridgehead atoms. The van der Waals surface area contributed by atoms with Crippen LogP contribution in [0.5, 0.6) is 0 Å². The zero-order valence-corrected chi connectivity index (χ0v) is 22.0. The molecule has 1 saturated heterocycles. The Hall–Kier alpha value is 0.160. The van der Waals surface area contributed by atoms with Crippen LogP contribution in [-0.4, -0.2) is 56.1 Å². The van der Waals surface area contributed by atoms with E-state index in [-0.39, 0.29) is 24.0 Å².